The molecular weight excluding hydrogens is 284 g/mol. The minimum Gasteiger partial charge on any atom is -0.487 e. The molecule has 1 fully saturated rings. The number of hydrogen-bond acceptors (Lipinski definition) is 5. The molecule has 1 aromatic heterocycles. The van der Waals surface area contributed by atoms with Crippen molar-refractivity contribution in [1.82, 2.24) is 0 Å². The van der Waals surface area contributed by atoms with Crippen molar-refractivity contribution in [1.29, 1.82) is 0 Å². The van der Waals surface area contributed by atoms with Gasteiger partial charge < -0.3 is 18.6 Å². The lowest BCUT2D eigenvalue weighted by molar-refractivity contribution is -0.173. The van der Waals surface area contributed by atoms with Crippen LogP contribution in [0.3, 0.4) is 0 Å². The first kappa shape index (κ1) is 13.8. The van der Waals surface area contributed by atoms with E-state index in [4.69, 9.17) is 18.6 Å². The van der Waals surface area contributed by atoms with E-state index in [9.17, 15) is 4.79 Å². The number of rotatable bonds is 1. The fraction of sp³-hybridized carbons (Fsp3) is 0.471. The van der Waals surface area contributed by atoms with Crippen molar-refractivity contribution in [3.63, 3.8) is 0 Å². The summed E-state index contributed by atoms with van der Waals surface area (Å²) in [5, 5.41) is 0.900. The van der Waals surface area contributed by atoms with Gasteiger partial charge in [-0.05, 0) is 38.5 Å². The van der Waals surface area contributed by atoms with Crippen LogP contribution in [0.2, 0.25) is 0 Å². The van der Waals surface area contributed by atoms with Gasteiger partial charge in [-0.25, -0.2) is 4.79 Å². The van der Waals surface area contributed by atoms with E-state index >= 15 is 0 Å². The molecular formula is C17H18O5. The molecule has 22 heavy (non-hydrogen) atoms. The van der Waals surface area contributed by atoms with Gasteiger partial charge in [-0.2, -0.15) is 0 Å². The minimum absolute atomic E-state index is 0.118. The molecule has 4 rings (SSSR count). The first-order valence-electron chi connectivity index (χ1n) is 7.42. The molecule has 3 heterocycles. The van der Waals surface area contributed by atoms with E-state index < -0.39 is 11.4 Å². The summed E-state index contributed by atoms with van der Waals surface area (Å²) in [5.74, 6) is 0.158. The molecule has 0 unspecified atom stereocenters. The molecule has 0 radical (unpaired) electrons. The van der Waals surface area contributed by atoms with Gasteiger partial charge in [0.2, 0.25) is 0 Å². The highest BCUT2D eigenvalue weighted by molar-refractivity contribution is 5.79. The lowest BCUT2D eigenvalue weighted by Gasteiger charge is -2.30. The topological polar surface area (TPSA) is 57.9 Å². The summed E-state index contributed by atoms with van der Waals surface area (Å²) in [7, 11) is 0. The van der Waals surface area contributed by atoms with Gasteiger partial charge >= 0.3 is 5.63 Å². The van der Waals surface area contributed by atoms with Gasteiger partial charge in [0.15, 0.2) is 5.79 Å². The van der Waals surface area contributed by atoms with Crippen LogP contribution in [0.15, 0.2) is 33.5 Å². The highest BCUT2D eigenvalue weighted by atomic mass is 16.8. The van der Waals surface area contributed by atoms with Gasteiger partial charge in [-0.3, -0.25) is 0 Å². The third kappa shape index (κ3) is 2.12. The lowest BCUT2D eigenvalue weighted by atomic mass is 9.95. The van der Waals surface area contributed by atoms with Crippen LogP contribution in [0.5, 0.6) is 5.75 Å². The summed E-state index contributed by atoms with van der Waals surface area (Å²) in [4.78, 5) is 11.3. The Kier molecular flexibility index (Phi) is 2.72. The molecule has 2 aliphatic rings. The predicted octanol–water partition coefficient (Wildman–Crippen LogP) is 2.64. The Labute approximate surface area is 127 Å². The van der Waals surface area contributed by atoms with Crippen molar-refractivity contribution < 1.29 is 18.6 Å². The molecule has 0 bridgehead atoms. The van der Waals surface area contributed by atoms with Gasteiger partial charge in [0.25, 0.3) is 0 Å². The van der Waals surface area contributed by atoms with E-state index in [2.05, 4.69) is 0 Å². The van der Waals surface area contributed by atoms with Crippen LogP contribution in [-0.2, 0) is 15.9 Å². The Bertz CT molecular complexity index is 806. The van der Waals surface area contributed by atoms with Crippen molar-refractivity contribution in [2.45, 2.75) is 44.7 Å². The number of fused-ring (bicyclic) bond motifs is 2. The molecule has 5 nitrogen and oxygen atoms in total. The fourth-order valence-corrected chi connectivity index (χ4v) is 3.24. The highest BCUT2D eigenvalue weighted by Crippen LogP contribution is 2.41. The van der Waals surface area contributed by atoms with E-state index in [0.717, 1.165) is 23.1 Å². The molecule has 116 valence electrons. The van der Waals surface area contributed by atoms with E-state index in [-0.39, 0.29) is 11.7 Å². The van der Waals surface area contributed by atoms with Crippen LogP contribution in [0.25, 0.3) is 11.0 Å². The number of benzene rings is 1. The average Bonchev–Trinajstić information content (AvgIpc) is 2.97. The van der Waals surface area contributed by atoms with Crippen LogP contribution in [0.4, 0.5) is 0 Å². The fourth-order valence-electron chi connectivity index (χ4n) is 3.24. The summed E-state index contributed by atoms with van der Waals surface area (Å²) >= 11 is 0. The SMILES string of the molecule is CC1(C)OC[C@@](C)([C@@H]2Cc3cc4ccc(=O)oc4cc3O2)O1. The van der Waals surface area contributed by atoms with Crippen molar-refractivity contribution >= 4 is 11.0 Å². The summed E-state index contributed by atoms with van der Waals surface area (Å²) in [6, 6.07) is 7.00. The third-order valence-corrected chi connectivity index (χ3v) is 4.34. The van der Waals surface area contributed by atoms with Crippen LogP contribution < -0.4 is 10.4 Å². The Morgan fingerprint density at radius 2 is 2.00 bits per heavy atom. The second-order valence-electron chi connectivity index (χ2n) is 6.67. The molecule has 2 aliphatic heterocycles. The van der Waals surface area contributed by atoms with Crippen molar-refractivity contribution in [3.05, 3.63) is 40.2 Å². The first-order chi connectivity index (χ1) is 10.3. The van der Waals surface area contributed by atoms with Crippen molar-refractivity contribution in [3.8, 4) is 5.75 Å². The Morgan fingerprint density at radius 3 is 2.73 bits per heavy atom. The Morgan fingerprint density at radius 1 is 1.18 bits per heavy atom. The first-order valence-corrected chi connectivity index (χ1v) is 7.42. The molecule has 1 aromatic carbocycles. The molecule has 0 saturated carbocycles. The molecule has 0 N–H and O–H groups in total. The van der Waals surface area contributed by atoms with Gasteiger partial charge in [-0.1, -0.05) is 0 Å². The van der Waals surface area contributed by atoms with E-state index in [1.54, 1.807) is 12.1 Å². The smallest absolute Gasteiger partial charge is 0.336 e. The van der Waals surface area contributed by atoms with Crippen LogP contribution in [-0.4, -0.2) is 24.1 Å². The standard InChI is InChI=1S/C17H18O5/c1-16(2)19-9-17(3,22-16)14-7-11-6-10-4-5-15(18)21-12(10)8-13(11)20-14/h4-6,8,14H,7,9H2,1-3H3/t14-,17-/m0/s1. The van der Waals surface area contributed by atoms with Gasteiger partial charge in [0, 0.05) is 23.9 Å². The predicted molar refractivity (Wildman–Crippen MR) is 80.1 cm³/mol. The molecule has 2 aromatic rings. The number of hydrogen-bond donors (Lipinski definition) is 0. The van der Waals surface area contributed by atoms with Crippen LogP contribution in [0, 0.1) is 0 Å². The van der Waals surface area contributed by atoms with Gasteiger partial charge in [-0.15, -0.1) is 0 Å². The molecule has 0 amide bonds. The normalized spacial score (nSPS) is 29.5. The third-order valence-electron chi connectivity index (χ3n) is 4.34. The zero-order valence-corrected chi connectivity index (χ0v) is 12.8. The molecule has 2 atom stereocenters. The maximum atomic E-state index is 11.3. The summed E-state index contributed by atoms with van der Waals surface area (Å²) in [5.41, 5.74) is 0.792. The molecule has 0 aliphatic carbocycles. The maximum absolute atomic E-state index is 11.3. The van der Waals surface area contributed by atoms with E-state index in [0.29, 0.717) is 12.2 Å². The Hall–Kier alpha value is -1.85. The van der Waals surface area contributed by atoms with Crippen LogP contribution >= 0.6 is 0 Å². The summed E-state index contributed by atoms with van der Waals surface area (Å²) in [6.45, 7) is 6.32. The lowest BCUT2D eigenvalue weighted by Crippen LogP contribution is -2.45. The zero-order chi connectivity index (χ0) is 15.5. The summed E-state index contributed by atoms with van der Waals surface area (Å²) < 4.78 is 23.0. The minimum atomic E-state index is -0.593. The van der Waals surface area contributed by atoms with E-state index in [1.807, 2.05) is 26.8 Å². The van der Waals surface area contributed by atoms with Crippen molar-refractivity contribution in [2.24, 2.45) is 0 Å². The molecule has 5 heteroatoms. The molecule has 1 saturated heterocycles. The average molecular weight is 302 g/mol. The zero-order valence-electron chi connectivity index (χ0n) is 12.8. The second-order valence-corrected chi connectivity index (χ2v) is 6.67. The van der Waals surface area contributed by atoms with Gasteiger partial charge in [0.05, 0.1) is 6.61 Å². The van der Waals surface area contributed by atoms with Crippen LogP contribution in [0.1, 0.15) is 26.3 Å². The highest BCUT2D eigenvalue weighted by Gasteiger charge is 2.50. The van der Waals surface area contributed by atoms with E-state index in [1.165, 1.54) is 6.07 Å². The largest absolute Gasteiger partial charge is 0.487 e. The quantitative estimate of drug-likeness (QED) is 0.758. The Balaban J connectivity index is 1.68. The van der Waals surface area contributed by atoms with Gasteiger partial charge in [0.1, 0.15) is 23.0 Å². The monoisotopic (exact) mass is 302 g/mol. The summed E-state index contributed by atoms with van der Waals surface area (Å²) in [6.07, 6.45) is 0.633. The second kappa shape index (κ2) is 4.33. The maximum Gasteiger partial charge on any atom is 0.336 e. The number of ether oxygens (including phenoxy) is 3. The van der Waals surface area contributed by atoms with Crippen molar-refractivity contribution in [2.75, 3.05) is 6.61 Å². The molecule has 0 spiro atoms.